The second-order valence-corrected chi connectivity index (χ2v) is 5.80. The summed E-state index contributed by atoms with van der Waals surface area (Å²) in [4.78, 5) is 24.5. The minimum atomic E-state index is -0.557. The highest BCUT2D eigenvalue weighted by molar-refractivity contribution is 5.88. The largest absolute Gasteiger partial charge is 0.472 e. The van der Waals surface area contributed by atoms with Crippen LogP contribution in [0.1, 0.15) is 25.0 Å². The third kappa shape index (κ3) is 5.29. The maximum Gasteiger partial charge on any atom is 0.243 e. The molecular weight excluding hydrogens is 292 g/mol. The highest BCUT2D eigenvalue weighted by atomic mass is 16.3. The van der Waals surface area contributed by atoms with Crippen LogP contribution in [0.15, 0.2) is 53.3 Å². The Kier molecular flexibility index (Phi) is 5.97. The topological polar surface area (TPSA) is 71.3 Å². The molecule has 1 aromatic heterocycles. The van der Waals surface area contributed by atoms with Crippen molar-refractivity contribution in [1.29, 1.82) is 0 Å². The Morgan fingerprint density at radius 2 is 1.83 bits per heavy atom. The molecule has 0 saturated carbocycles. The summed E-state index contributed by atoms with van der Waals surface area (Å²) in [7, 11) is 0. The smallest absolute Gasteiger partial charge is 0.243 e. The first kappa shape index (κ1) is 16.8. The molecule has 2 rings (SSSR count). The summed E-state index contributed by atoms with van der Waals surface area (Å²) < 4.78 is 4.96. The van der Waals surface area contributed by atoms with E-state index in [9.17, 15) is 9.59 Å². The molecule has 1 heterocycles. The van der Waals surface area contributed by atoms with Crippen molar-refractivity contribution in [3.63, 3.8) is 0 Å². The van der Waals surface area contributed by atoms with Crippen molar-refractivity contribution in [2.24, 2.45) is 5.92 Å². The number of amides is 2. The fraction of sp³-hybridized carbons (Fsp3) is 0.333. The van der Waals surface area contributed by atoms with E-state index in [0.717, 1.165) is 11.1 Å². The highest BCUT2D eigenvalue weighted by Crippen LogP contribution is 2.06. The van der Waals surface area contributed by atoms with Gasteiger partial charge < -0.3 is 15.1 Å². The Morgan fingerprint density at radius 1 is 1.09 bits per heavy atom. The summed E-state index contributed by atoms with van der Waals surface area (Å²) in [6.45, 7) is 4.20. The van der Waals surface area contributed by atoms with Gasteiger partial charge in [0.2, 0.25) is 11.8 Å². The second-order valence-electron chi connectivity index (χ2n) is 5.80. The van der Waals surface area contributed by atoms with Crippen molar-refractivity contribution in [2.75, 3.05) is 0 Å². The van der Waals surface area contributed by atoms with Gasteiger partial charge in [-0.15, -0.1) is 0 Å². The molecule has 5 nitrogen and oxygen atoms in total. The summed E-state index contributed by atoms with van der Waals surface area (Å²) in [5.41, 5.74) is 1.81. The molecule has 2 aromatic rings. The molecule has 0 aliphatic carbocycles. The van der Waals surface area contributed by atoms with Gasteiger partial charge in [0, 0.05) is 12.1 Å². The number of carbonyl (C=O) groups excluding carboxylic acids is 2. The molecule has 1 atom stereocenters. The number of furan rings is 1. The quantitative estimate of drug-likeness (QED) is 0.823. The molecule has 2 N–H and O–H groups in total. The van der Waals surface area contributed by atoms with E-state index in [-0.39, 0.29) is 24.2 Å². The van der Waals surface area contributed by atoms with Gasteiger partial charge in [-0.25, -0.2) is 0 Å². The summed E-state index contributed by atoms with van der Waals surface area (Å²) in [5.74, 6) is -0.352. The van der Waals surface area contributed by atoms with Gasteiger partial charge in [-0.1, -0.05) is 44.2 Å². The lowest BCUT2D eigenvalue weighted by atomic mass is 10.0. The Balaban J connectivity index is 1.89. The first-order valence-electron chi connectivity index (χ1n) is 7.68. The third-order valence-electron chi connectivity index (χ3n) is 3.52. The zero-order valence-corrected chi connectivity index (χ0v) is 13.4. The Labute approximate surface area is 136 Å². The fourth-order valence-electron chi connectivity index (χ4n) is 2.23. The summed E-state index contributed by atoms with van der Waals surface area (Å²) in [6, 6.07) is 10.7. The van der Waals surface area contributed by atoms with E-state index < -0.39 is 6.04 Å². The van der Waals surface area contributed by atoms with Crippen molar-refractivity contribution in [3.8, 4) is 0 Å². The van der Waals surface area contributed by atoms with Crippen LogP contribution in [0.25, 0.3) is 0 Å². The average Bonchev–Trinajstić information content (AvgIpc) is 3.04. The SMILES string of the molecule is CC(C)C(NC(=O)Cc1ccccc1)C(=O)NCc1ccoc1. The van der Waals surface area contributed by atoms with Gasteiger partial charge in [-0.3, -0.25) is 9.59 Å². The van der Waals surface area contributed by atoms with Crippen LogP contribution < -0.4 is 10.6 Å². The molecule has 0 bridgehead atoms. The van der Waals surface area contributed by atoms with E-state index >= 15 is 0 Å². The molecule has 1 aromatic carbocycles. The molecule has 1 unspecified atom stereocenters. The van der Waals surface area contributed by atoms with Gasteiger partial charge in [0.05, 0.1) is 18.9 Å². The van der Waals surface area contributed by atoms with Crippen LogP contribution in [0.5, 0.6) is 0 Å². The first-order valence-corrected chi connectivity index (χ1v) is 7.68. The van der Waals surface area contributed by atoms with Crippen molar-refractivity contribution < 1.29 is 14.0 Å². The molecule has 0 saturated heterocycles. The predicted molar refractivity (Wildman–Crippen MR) is 87.5 cm³/mol. The van der Waals surface area contributed by atoms with Gasteiger partial charge in [0.1, 0.15) is 6.04 Å². The molecular formula is C18H22N2O3. The maximum atomic E-state index is 12.3. The predicted octanol–water partition coefficient (Wildman–Crippen LogP) is 2.28. The monoisotopic (exact) mass is 314 g/mol. The van der Waals surface area contributed by atoms with Gasteiger partial charge in [0.25, 0.3) is 0 Å². The highest BCUT2D eigenvalue weighted by Gasteiger charge is 2.23. The molecule has 5 heteroatoms. The van der Waals surface area contributed by atoms with E-state index in [1.807, 2.05) is 44.2 Å². The lowest BCUT2D eigenvalue weighted by Gasteiger charge is -2.21. The average molecular weight is 314 g/mol. The number of rotatable bonds is 7. The van der Waals surface area contributed by atoms with Crippen molar-refractivity contribution >= 4 is 11.8 Å². The van der Waals surface area contributed by atoms with E-state index in [1.165, 1.54) is 0 Å². The number of nitrogens with one attached hydrogen (secondary N) is 2. The number of hydrogen-bond acceptors (Lipinski definition) is 3. The molecule has 0 radical (unpaired) electrons. The van der Waals surface area contributed by atoms with Crippen LogP contribution in [0.3, 0.4) is 0 Å². The molecule has 0 spiro atoms. The summed E-state index contributed by atoms with van der Waals surface area (Å²) >= 11 is 0. The minimum Gasteiger partial charge on any atom is -0.472 e. The number of hydrogen-bond donors (Lipinski definition) is 2. The van der Waals surface area contributed by atoms with Crippen molar-refractivity contribution in [3.05, 3.63) is 60.1 Å². The van der Waals surface area contributed by atoms with E-state index in [1.54, 1.807) is 18.6 Å². The molecule has 23 heavy (non-hydrogen) atoms. The number of benzene rings is 1. The van der Waals surface area contributed by atoms with Gasteiger partial charge >= 0.3 is 0 Å². The third-order valence-corrected chi connectivity index (χ3v) is 3.52. The van der Waals surface area contributed by atoms with Crippen LogP contribution in [0.2, 0.25) is 0 Å². The lowest BCUT2D eigenvalue weighted by molar-refractivity contribution is -0.129. The maximum absolute atomic E-state index is 12.3. The van der Waals surface area contributed by atoms with E-state index in [4.69, 9.17) is 4.42 Å². The van der Waals surface area contributed by atoms with Gasteiger partial charge in [0.15, 0.2) is 0 Å². The molecule has 0 aliphatic rings. The van der Waals surface area contributed by atoms with Crippen LogP contribution in [0, 0.1) is 5.92 Å². The molecule has 0 aliphatic heterocycles. The Morgan fingerprint density at radius 3 is 2.43 bits per heavy atom. The summed E-state index contributed by atoms with van der Waals surface area (Å²) in [6.07, 6.45) is 3.40. The first-order chi connectivity index (χ1) is 11.1. The van der Waals surface area contributed by atoms with Gasteiger partial charge in [-0.05, 0) is 17.5 Å². The standard InChI is InChI=1S/C18H22N2O3/c1-13(2)17(18(22)19-11-15-8-9-23-12-15)20-16(21)10-14-6-4-3-5-7-14/h3-9,12-13,17H,10-11H2,1-2H3,(H,19,22)(H,20,21). The van der Waals surface area contributed by atoms with Crippen molar-refractivity contribution in [1.82, 2.24) is 10.6 Å². The normalized spacial score (nSPS) is 12.0. The van der Waals surface area contributed by atoms with Crippen LogP contribution in [-0.2, 0) is 22.6 Å². The zero-order valence-electron chi connectivity index (χ0n) is 13.4. The summed E-state index contributed by atoms with van der Waals surface area (Å²) in [5, 5.41) is 5.64. The van der Waals surface area contributed by atoms with E-state index in [2.05, 4.69) is 10.6 Å². The number of carbonyl (C=O) groups is 2. The fourth-order valence-corrected chi connectivity index (χ4v) is 2.23. The molecule has 0 fully saturated rings. The van der Waals surface area contributed by atoms with Crippen molar-refractivity contribution in [2.45, 2.75) is 32.9 Å². The minimum absolute atomic E-state index is 0.000858. The van der Waals surface area contributed by atoms with Crippen LogP contribution >= 0.6 is 0 Å². The van der Waals surface area contributed by atoms with E-state index in [0.29, 0.717) is 6.54 Å². The Hall–Kier alpha value is -2.56. The Bertz CT molecular complexity index is 621. The second kappa shape index (κ2) is 8.17. The van der Waals surface area contributed by atoms with Crippen LogP contribution in [-0.4, -0.2) is 17.9 Å². The molecule has 2 amide bonds. The van der Waals surface area contributed by atoms with Crippen LogP contribution in [0.4, 0.5) is 0 Å². The van der Waals surface area contributed by atoms with Gasteiger partial charge in [-0.2, -0.15) is 0 Å². The lowest BCUT2D eigenvalue weighted by Crippen LogP contribution is -2.49. The molecule has 122 valence electrons. The zero-order chi connectivity index (χ0) is 16.7.